The van der Waals surface area contributed by atoms with Crippen LogP contribution in [0.15, 0.2) is 53.6 Å². The Bertz CT molecular complexity index is 1360. The van der Waals surface area contributed by atoms with Crippen LogP contribution in [0.4, 0.5) is 17.3 Å². The Labute approximate surface area is 179 Å². The van der Waals surface area contributed by atoms with Crippen molar-refractivity contribution in [3.8, 4) is 11.3 Å². The number of hydrogen-bond donors (Lipinski definition) is 2. The minimum Gasteiger partial charge on any atom is -0.326 e. The molecule has 4 aromatic rings. The zero-order valence-electron chi connectivity index (χ0n) is 17.7. The second-order valence-electron chi connectivity index (χ2n) is 7.42. The lowest BCUT2D eigenvalue weighted by atomic mass is 10.0. The van der Waals surface area contributed by atoms with Gasteiger partial charge in [-0.25, -0.2) is 9.97 Å². The second kappa shape index (κ2) is 7.98. The van der Waals surface area contributed by atoms with E-state index >= 15 is 0 Å². The number of pyridine rings is 2. The Morgan fingerprint density at radius 2 is 1.77 bits per heavy atom. The van der Waals surface area contributed by atoms with Gasteiger partial charge in [-0.2, -0.15) is 0 Å². The standard InChI is InChI=1S/C23H22N6O2/c1-13-5-7-17(26-15(3)30)10-19(13)20-9-16-11-25-23(28-21(16)22(31)29(20)4)27-18-8-6-14(2)24-12-18/h5-12H,1-4H3,(H,26,30)(H,25,27,28). The van der Waals surface area contributed by atoms with E-state index in [1.807, 2.05) is 50.2 Å². The zero-order chi connectivity index (χ0) is 22.1. The fourth-order valence-corrected chi connectivity index (χ4v) is 3.35. The predicted octanol–water partition coefficient (Wildman–Crippen LogP) is 3.71. The fourth-order valence-electron chi connectivity index (χ4n) is 3.35. The monoisotopic (exact) mass is 414 g/mol. The molecule has 3 heterocycles. The first kappa shape index (κ1) is 20.2. The van der Waals surface area contributed by atoms with E-state index in [2.05, 4.69) is 25.6 Å². The number of hydrogen-bond acceptors (Lipinski definition) is 6. The van der Waals surface area contributed by atoms with Gasteiger partial charge in [0.15, 0.2) is 0 Å². The molecule has 0 aliphatic heterocycles. The topological polar surface area (TPSA) is 102 Å². The molecule has 31 heavy (non-hydrogen) atoms. The molecular formula is C23H22N6O2. The third kappa shape index (κ3) is 4.13. The molecule has 1 amide bonds. The number of benzene rings is 1. The van der Waals surface area contributed by atoms with E-state index in [1.54, 1.807) is 24.0 Å². The summed E-state index contributed by atoms with van der Waals surface area (Å²) in [6, 6.07) is 11.2. The lowest BCUT2D eigenvalue weighted by Gasteiger charge is -2.14. The Kier molecular flexibility index (Phi) is 5.21. The molecule has 4 rings (SSSR count). The maximum absolute atomic E-state index is 13.1. The van der Waals surface area contributed by atoms with Crippen LogP contribution in [0.25, 0.3) is 22.2 Å². The molecule has 0 aliphatic carbocycles. The second-order valence-corrected chi connectivity index (χ2v) is 7.42. The molecule has 3 aromatic heterocycles. The molecule has 0 saturated carbocycles. The summed E-state index contributed by atoms with van der Waals surface area (Å²) in [4.78, 5) is 37.6. The van der Waals surface area contributed by atoms with Crippen molar-refractivity contribution in [3.63, 3.8) is 0 Å². The summed E-state index contributed by atoms with van der Waals surface area (Å²) in [5.74, 6) is 0.172. The van der Waals surface area contributed by atoms with Crippen molar-refractivity contribution in [3.05, 3.63) is 70.4 Å². The van der Waals surface area contributed by atoms with Gasteiger partial charge in [0.1, 0.15) is 5.52 Å². The van der Waals surface area contributed by atoms with Gasteiger partial charge in [0, 0.05) is 42.5 Å². The lowest BCUT2D eigenvalue weighted by Crippen LogP contribution is -2.20. The van der Waals surface area contributed by atoms with E-state index in [-0.39, 0.29) is 11.5 Å². The molecule has 156 valence electrons. The molecule has 0 fully saturated rings. The van der Waals surface area contributed by atoms with Crippen LogP contribution >= 0.6 is 0 Å². The SMILES string of the molecule is CC(=O)Nc1ccc(C)c(-c2cc3cnc(Nc4ccc(C)nc4)nc3c(=O)n2C)c1. The number of fused-ring (bicyclic) bond motifs is 1. The molecule has 0 aliphatic rings. The maximum Gasteiger partial charge on any atom is 0.277 e. The van der Waals surface area contributed by atoms with Crippen LogP contribution in [0.5, 0.6) is 0 Å². The van der Waals surface area contributed by atoms with E-state index in [4.69, 9.17) is 0 Å². The zero-order valence-corrected chi connectivity index (χ0v) is 17.7. The smallest absolute Gasteiger partial charge is 0.277 e. The lowest BCUT2D eigenvalue weighted by molar-refractivity contribution is -0.114. The number of aryl methyl sites for hydroxylation is 2. The van der Waals surface area contributed by atoms with Crippen molar-refractivity contribution in [1.82, 2.24) is 19.5 Å². The number of anilines is 3. The molecule has 0 atom stereocenters. The third-order valence-electron chi connectivity index (χ3n) is 4.98. The number of rotatable bonds is 4. The van der Waals surface area contributed by atoms with Gasteiger partial charge in [-0.1, -0.05) is 6.07 Å². The molecule has 0 bridgehead atoms. The number of carbonyl (C=O) groups is 1. The average Bonchev–Trinajstić information content (AvgIpc) is 2.74. The first-order valence-electron chi connectivity index (χ1n) is 9.77. The van der Waals surface area contributed by atoms with Gasteiger partial charge in [-0.3, -0.25) is 14.6 Å². The highest BCUT2D eigenvalue weighted by Gasteiger charge is 2.13. The normalized spacial score (nSPS) is 10.8. The van der Waals surface area contributed by atoms with Gasteiger partial charge < -0.3 is 15.2 Å². The maximum atomic E-state index is 13.1. The molecule has 2 N–H and O–H groups in total. The van der Waals surface area contributed by atoms with Crippen molar-refractivity contribution < 1.29 is 4.79 Å². The molecule has 8 heteroatoms. The number of nitrogens with one attached hydrogen (secondary N) is 2. The Balaban J connectivity index is 1.78. The molecule has 0 unspecified atom stereocenters. The van der Waals surface area contributed by atoms with Gasteiger partial charge in [0.25, 0.3) is 5.56 Å². The largest absolute Gasteiger partial charge is 0.326 e. The van der Waals surface area contributed by atoms with Crippen molar-refractivity contribution in [2.24, 2.45) is 7.05 Å². The summed E-state index contributed by atoms with van der Waals surface area (Å²) in [7, 11) is 1.71. The van der Waals surface area contributed by atoms with Gasteiger partial charge in [-0.05, 0) is 49.7 Å². The highest BCUT2D eigenvalue weighted by molar-refractivity contribution is 5.90. The summed E-state index contributed by atoms with van der Waals surface area (Å²) in [6.45, 7) is 5.33. The average molecular weight is 414 g/mol. The summed E-state index contributed by atoms with van der Waals surface area (Å²) in [6.07, 6.45) is 3.32. The van der Waals surface area contributed by atoms with E-state index in [9.17, 15) is 9.59 Å². The fraction of sp³-hybridized carbons (Fsp3) is 0.174. The van der Waals surface area contributed by atoms with Crippen LogP contribution in [-0.4, -0.2) is 25.4 Å². The molecule has 1 aromatic carbocycles. The summed E-state index contributed by atoms with van der Waals surface area (Å²) < 4.78 is 1.56. The number of amides is 1. The highest BCUT2D eigenvalue weighted by atomic mass is 16.1. The van der Waals surface area contributed by atoms with Crippen LogP contribution in [-0.2, 0) is 11.8 Å². The molecule has 0 radical (unpaired) electrons. The minimum absolute atomic E-state index is 0.153. The van der Waals surface area contributed by atoms with Gasteiger partial charge in [0.2, 0.25) is 11.9 Å². The van der Waals surface area contributed by atoms with E-state index in [1.165, 1.54) is 6.92 Å². The third-order valence-corrected chi connectivity index (χ3v) is 4.98. The van der Waals surface area contributed by atoms with Crippen molar-refractivity contribution in [2.75, 3.05) is 10.6 Å². The Morgan fingerprint density at radius 1 is 1.00 bits per heavy atom. The van der Waals surface area contributed by atoms with Crippen molar-refractivity contribution in [2.45, 2.75) is 20.8 Å². The summed E-state index contributed by atoms with van der Waals surface area (Å²) in [5.41, 5.74) is 4.95. The quantitative estimate of drug-likeness (QED) is 0.528. The molecular weight excluding hydrogens is 392 g/mol. The van der Waals surface area contributed by atoms with Crippen molar-refractivity contribution in [1.29, 1.82) is 0 Å². The summed E-state index contributed by atoms with van der Waals surface area (Å²) >= 11 is 0. The minimum atomic E-state index is -0.232. The number of aromatic nitrogens is 4. The summed E-state index contributed by atoms with van der Waals surface area (Å²) in [5, 5.41) is 6.50. The van der Waals surface area contributed by atoms with Gasteiger partial charge in [-0.15, -0.1) is 0 Å². The first-order chi connectivity index (χ1) is 14.8. The van der Waals surface area contributed by atoms with E-state index in [0.29, 0.717) is 28.2 Å². The van der Waals surface area contributed by atoms with Crippen LogP contribution in [0.3, 0.4) is 0 Å². The Hall–Kier alpha value is -4.07. The number of nitrogens with zero attached hydrogens (tertiary/aromatic N) is 4. The van der Waals surface area contributed by atoms with E-state index in [0.717, 1.165) is 22.5 Å². The predicted molar refractivity (Wildman–Crippen MR) is 122 cm³/mol. The van der Waals surface area contributed by atoms with E-state index < -0.39 is 0 Å². The molecule has 8 nitrogen and oxygen atoms in total. The molecule has 0 saturated heterocycles. The van der Waals surface area contributed by atoms with Crippen LogP contribution in [0.1, 0.15) is 18.2 Å². The Morgan fingerprint density at radius 3 is 2.48 bits per heavy atom. The first-order valence-corrected chi connectivity index (χ1v) is 9.77. The van der Waals surface area contributed by atoms with Gasteiger partial charge in [0.05, 0.1) is 17.6 Å². The van der Waals surface area contributed by atoms with Crippen LogP contribution < -0.4 is 16.2 Å². The number of carbonyl (C=O) groups excluding carboxylic acids is 1. The highest BCUT2D eigenvalue weighted by Crippen LogP contribution is 2.27. The molecule has 0 spiro atoms. The van der Waals surface area contributed by atoms with Crippen molar-refractivity contribution >= 4 is 34.1 Å². The van der Waals surface area contributed by atoms with Gasteiger partial charge >= 0.3 is 0 Å². The van der Waals surface area contributed by atoms with Crippen LogP contribution in [0.2, 0.25) is 0 Å². The van der Waals surface area contributed by atoms with Crippen LogP contribution in [0, 0.1) is 13.8 Å².